The predicted octanol–water partition coefficient (Wildman–Crippen LogP) is 1.37. The smallest absolute Gasteiger partial charge is 0.311 e. The molecule has 0 N–H and O–H groups in total. The van der Waals surface area contributed by atoms with Crippen LogP contribution in [-0.4, -0.2) is 63.0 Å². The van der Waals surface area contributed by atoms with Gasteiger partial charge in [-0.15, -0.1) is 0 Å². The molecule has 0 fully saturated rings. The maximum absolute atomic E-state index is 11.8. The van der Waals surface area contributed by atoms with Gasteiger partial charge >= 0.3 is 5.97 Å². The molecule has 0 atom stereocenters. The number of nitrogens with zero attached hydrogens (tertiary/aromatic N) is 1. The van der Waals surface area contributed by atoms with Crippen LogP contribution < -0.4 is 0 Å². The zero-order valence-corrected chi connectivity index (χ0v) is 14.7. The summed E-state index contributed by atoms with van der Waals surface area (Å²) in [6.07, 6.45) is 1.79. The van der Waals surface area contributed by atoms with E-state index in [1.165, 1.54) is 0 Å². The molecule has 0 bridgehead atoms. The molecule has 0 aromatic heterocycles. The molecule has 0 aliphatic heterocycles. The molecular formula is C14H29NO5S. The van der Waals surface area contributed by atoms with Crippen molar-refractivity contribution in [3.05, 3.63) is 0 Å². The van der Waals surface area contributed by atoms with Crippen molar-refractivity contribution in [3.8, 4) is 0 Å². The lowest BCUT2D eigenvalue weighted by atomic mass is 9.91. The SMILES string of the molecule is CCC(C)(C)C(=O)OCCC[N+](C)(C)CCCS(=O)(=O)[O-]. The highest BCUT2D eigenvalue weighted by atomic mass is 32.2. The van der Waals surface area contributed by atoms with Crippen LogP contribution in [0.2, 0.25) is 0 Å². The Kier molecular flexibility index (Phi) is 7.84. The third-order valence-electron chi connectivity index (χ3n) is 3.74. The molecule has 0 saturated carbocycles. The number of rotatable bonds is 10. The van der Waals surface area contributed by atoms with Crippen LogP contribution in [0.3, 0.4) is 0 Å². The summed E-state index contributed by atoms with van der Waals surface area (Å²) >= 11 is 0. The minimum absolute atomic E-state index is 0.187. The van der Waals surface area contributed by atoms with Crippen LogP contribution in [-0.2, 0) is 19.6 Å². The highest BCUT2D eigenvalue weighted by Crippen LogP contribution is 2.21. The van der Waals surface area contributed by atoms with Gasteiger partial charge in [0.25, 0.3) is 0 Å². The lowest BCUT2D eigenvalue weighted by molar-refractivity contribution is -0.890. The fourth-order valence-corrected chi connectivity index (χ4v) is 2.26. The van der Waals surface area contributed by atoms with Gasteiger partial charge in [-0.2, -0.15) is 0 Å². The summed E-state index contributed by atoms with van der Waals surface area (Å²) in [5.41, 5.74) is -0.452. The Bertz CT molecular complexity index is 429. The summed E-state index contributed by atoms with van der Waals surface area (Å²) in [5, 5.41) is 0. The number of carbonyl (C=O) groups excluding carboxylic acids is 1. The number of hydrogen-bond donors (Lipinski definition) is 0. The molecule has 126 valence electrons. The molecule has 0 aliphatic carbocycles. The summed E-state index contributed by atoms with van der Waals surface area (Å²) in [6.45, 7) is 7.40. The van der Waals surface area contributed by atoms with Crippen molar-refractivity contribution in [3.63, 3.8) is 0 Å². The van der Waals surface area contributed by atoms with Gasteiger partial charge in [0.1, 0.15) is 0 Å². The minimum Gasteiger partial charge on any atom is -0.748 e. The normalized spacial score (nSPS) is 13.2. The molecule has 0 aromatic rings. The summed E-state index contributed by atoms with van der Waals surface area (Å²) in [5.74, 6) is -0.512. The number of carbonyl (C=O) groups is 1. The van der Waals surface area contributed by atoms with E-state index >= 15 is 0 Å². The van der Waals surface area contributed by atoms with Crippen LogP contribution in [0, 0.1) is 5.41 Å². The van der Waals surface area contributed by atoms with Gasteiger partial charge in [-0.1, -0.05) is 6.92 Å². The second-order valence-corrected chi connectivity index (χ2v) is 8.25. The lowest BCUT2D eigenvalue weighted by Crippen LogP contribution is -2.42. The maximum atomic E-state index is 11.8. The van der Waals surface area contributed by atoms with Crippen molar-refractivity contribution in [2.24, 2.45) is 5.41 Å². The summed E-state index contributed by atoms with van der Waals surface area (Å²) in [6, 6.07) is 0. The first-order chi connectivity index (χ1) is 9.40. The van der Waals surface area contributed by atoms with Crippen LogP contribution in [0.25, 0.3) is 0 Å². The Balaban J connectivity index is 3.97. The third-order valence-corrected chi connectivity index (χ3v) is 4.52. The molecule has 0 heterocycles. The van der Waals surface area contributed by atoms with Crippen LogP contribution >= 0.6 is 0 Å². The van der Waals surface area contributed by atoms with Gasteiger partial charge in [0.05, 0.1) is 49.3 Å². The van der Waals surface area contributed by atoms with Gasteiger partial charge in [-0.25, -0.2) is 8.42 Å². The van der Waals surface area contributed by atoms with E-state index in [-0.39, 0.29) is 11.7 Å². The summed E-state index contributed by atoms with van der Waals surface area (Å²) in [4.78, 5) is 11.8. The van der Waals surface area contributed by atoms with Gasteiger partial charge in [0, 0.05) is 18.6 Å². The third kappa shape index (κ3) is 9.82. The van der Waals surface area contributed by atoms with Crippen molar-refractivity contribution in [2.75, 3.05) is 39.5 Å². The Morgan fingerprint density at radius 1 is 1.19 bits per heavy atom. The minimum atomic E-state index is -4.13. The summed E-state index contributed by atoms with van der Waals surface area (Å²) < 4.78 is 37.5. The fraction of sp³-hybridized carbons (Fsp3) is 0.929. The second-order valence-electron chi connectivity index (χ2n) is 6.73. The van der Waals surface area contributed by atoms with Crippen LogP contribution in [0.15, 0.2) is 0 Å². The molecular weight excluding hydrogens is 294 g/mol. The van der Waals surface area contributed by atoms with Crippen molar-refractivity contribution in [2.45, 2.75) is 40.0 Å². The number of ether oxygens (including phenoxy) is 1. The first kappa shape index (κ1) is 20.3. The van der Waals surface area contributed by atoms with Crippen molar-refractivity contribution < 1.29 is 27.0 Å². The molecule has 7 heteroatoms. The fourth-order valence-electron chi connectivity index (χ4n) is 1.78. The Labute approximate surface area is 128 Å². The topological polar surface area (TPSA) is 83.5 Å². The van der Waals surface area contributed by atoms with Crippen molar-refractivity contribution in [1.29, 1.82) is 0 Å². The first-order valence-electron chi connectivity index (χ1n) is 7.32. The molecule has 0 saturated heterocycles. The quantitative estimate of drug-likeness (QED) is 0.262. The Morgan fingerprint density at radius 2 is 1.71 bits per heavy atom. The molecule has 0 spiro atoms. The molecule has 0 aromatic carbocycles. The predicted molar refractivity (Wildman–Crippen MR) is 80.7 cm³/mol. The second kappa shape index (κ2) is 8.10. The van der Waals surface area contributed by atoms with Gasteiger partial charge in [-0.3, -0.25) is 4.79 Å². The zero-order valence-electron chi connectivity index (χ0n) is 13.8. The standard InChI is InChI=1S/C14H29NO5S/c1-6-14(2,3)13(16)20-11-7-9-15(4,5)10-8-12-21(17,18)19/h6-12H2,1-5H3. The molecule has 0 radical (unpaired) electrons. The van der Waals surface area contributed by atoms with Gasteiger partial charge in [0.2, 0.25) is 0 Å². The Morgan fingerprint density at radius 3 is 2.19 bits per heavy atom. The van der Waals surface area contributed by atoms with E-state index in [1.807, 2.05) is 34.9 Å². The zero-order chi connectivity index (χ0) is 16.7. The van der Waals surface area contributed by atoms with E-state index in [4.69, 9.17) is 4.74 Å². The molecule has 21 heavy (non-hydrogen) atoms. The Hall–Kier alpha value is -0.660. The highest BCUT2D eigenvalue weighted by molar-refractivity contribution is 7.85. The largest absolute Gasteiger partial charge is 0.748 e. The number of hydrogen-bond acceptors (Lipinski definition) is 5. The van der Waals surface area contributed by atoms with Crippen LogP contribution in [0.1, 0.15) is 40.0 Å². The average Bonchev–Trinajstić information content (AvgIpc) is 2.32. The molecule has 0 unspecified atom stereocenters. The van der Waals surface area contributed by atoms with E-state index in [1.54, 1.807) is 0 Å². The van der Waals surface area contributed by atoms with Gasteiger partial charge < -0.3 is 13.8 Å². The highest BCUT2D eigenvalue weighted by Gasteiger charge is 2.27. The van der Waals surface area contributed by atoms with Gasteiger partial charge in [-0.05, 0) is 20.3 Å². The van der Waals surface area contributed by atoms with E-state index in [9.17, 15) is 17.8 Å². The average molecular weight is 323 g/mol. The molecule has 0 rings (SSSR count). The van der Waals surface area contributed by atoms with Crippen molar-refractivity contribution >= 4 is 16.1 Å². The molecule has 6 nitrogen and oxygen atoms in total. The van der Waals surface area contributed by atoms with E-state index in [2.05, 4.69) is 0 Å². The van der Waals surface area contributed by atoms with Crippen molar-refractivity contribution in [1.82, 2.24) is 0 Å². The monoisotopic (exact) mass is 323 g/mol. The van der Waals surface area contributed by atoms with Crippen LogP contribution in [0.5, 0.6) is 0 Å². The number of esters is 1. The van der Waals surface area contributed by atoms with E-state index in [0.717, 1.165) is 13.0 Å². The molecule has 0 amide bonds. The molecule has 0 aliphatic rings. The lowest BCUT2D eigenvalue weighted by Gasteiger charge is -2.30. The number of quaternary nitrogens is 1. The summed E-state index contributed by atoms with van der Waals surface area (Å²) in [7, 11) is -0.197. The van der Waals surface area contributed by atoms with Crippen LogP contribution in [0.4, 0.5) is 0 Å². The van der Waals surface area contributed by atoms with E-state index < -0.39 is 15.5 Å². The maximum Gasteiger partial charge on any atom is 0.311 e. The van der Waals surface area contributed by atoms with Gasteiger partial charge in [0.15, 0.2) is 0 Å². The van der Waals surface area contributed by atoms with E-state index in [0.29, 0.717) is 30.5 Å². The first-order valence-corrected chi connectivity index (χ1v) is 8.90.